The molecule has 0 saturated heterocycles. The highest BCUT2D eigenvalue weighted by Gasteiger charge is 2.44. The van der Waals surface area contributed by atoms with Gasteiger partial charge in [-0.3, -0.25) is 0 Å². The van der Waals surface area contributed by atoms with Crippen LogP contribution in [0.1, 0.15) is 30.5 Å². The molecule has 190 valence electrons. The maximum absolute atomic E-state index is 9.49. The lowest BCUT2D eigenvalue weighted by molar-refractivity contribution is -0.401. The van der Waals surface area contributed by atoms with E-state index in [2.05, 4.69) is 133 Å². The molecule has 3 nitrogen and oxygen atoms in total. The van der Waals surface area contributed by atoms with Crippen LogP contribution in [0.2, 0.25) is 0 Å². The molecule has 0 saturated carbocycles. The van der Waals surface area contributed by atoms with Gasteiger partial charge in [-0.2, -0.15) is 4.58 Å². The number of nitrogens with zero attached hydrogens (tertiary/aromatic N) is 2. The van der Waals surface area contributed by atoms with E-state index in [0.29, 0.717) is 0 Å². The zero-order chi connectivity index (χ0) is 26.7. The zero-order valence-electron chi connectivity index (χ0n) is 22.5. The Bertz CT molecular complexity index is 1970. The van der Waals surface area contributed by atoms with Gasteiger partial charge in [0.05, 0.1) is 23.1 Å². The minimum absolute atomic E-state index is 0.0510. The van der Waals surface area contributed by atoms with Crippen LogP contribution in [-0.4, -0.2) is 27.0 Å². The van der Waals surface area contributed by atoms with E-state index in [1.807, 2.05) is 12.1 Å². The standard InChI is InChI=1S/C36H31N2O/c1-36(2)34(37(3)33-20-16-26-8-4-5-9-28(26)35(33)36)21-15-24-14-19-32-30(22-24)29-10-6-7-11-31(29)38(32)27-17-12-25(23-39)13-18-27/h4-22,39H,23H2,1-3H3/q+1. The SMILES string of the molecule is C[N+]1=C(/C=C/c2ccc3c(c2)c2ccccc2n3-c2ccc(CO)cc2)C(C)(C)c2c1ccc1ccccc21. The van der Waals surface area contributed by atoms with Crippen LogP contribution in [0.5, 0.6) is 0 Å². The van der Waals surface area contributed by atoms with Crippen molar-refractivity contribution in [1.82, 2.24) is 4.57 Å². The van der Waals surface area contributed by atoms with Crippen LogP contribution < -0.4 is 0 Å². The fourth-order valence-corrected chi connectivity index (χ4v) is 6.49. The Morgan fingerprint density at radius 2 is 1.46 bits per heavy atom. The summed E-state index contributed by atoms with van der Waals surface area (Å²) in [5, 5.41) is 14.6. The third-order valence-corrected chi connectivity index (χ3v) is 8.40. The van der Waals surface area contributed by atoms with Gasteiger partial charge in [0.15, 0.2) is 5.71 Å². The Balaban J connectivity index is 1.33. The molecule has 0 radical (unpaired) electrons. The molecule has 0 unspecified atom stereocenters. The van der Waals surface area contributed by atoms with Crippen molar-refractivity contribution in [3.05, 3.63) is 126 Å². The van der Waals surface area contributed by atoms with Crippen LogP contribution in [-0.2, 0) is 12.0 Å². The van der Waals surface area contributed by atoms with E-state index in [1.54, 1.807) is 0 Å². The van der Waals surface area contributed by atoms with E-state index in [4.69, 9.17) is 0 Å². The molecule has 1 N–H and O–H groups in total. The predicted octanol–water partition coefficient (Wildman–Crippen LogP) is 8.15. The fraction of sp³-hybridized carbons (Fsp3) is 0.139. The summed E-state index contributed by atoms with van der Waals surface area (Å²) in [7, 11) is 2.18. The first-order chi connectivity index (χ1) is 19.0. The Morgan fingerprint density at radius 3 is 2.26 bits per heavy atom. The summed E-state index contributed by atoms with van der Waals surface area (Å²) >= 11 is 0. The summed E-state index contributed by atoms with van der Waals surface area (Å²) in [4.78, 5) is 0. The molecule has 7 rings (SSSR count). The summed E-state index contributed by atoms with van der Waals surface area (Å²) < 4.78 is 4.66. The van der Waals surface area contributed by atoms with E-state index >= 15 is 0 Å². The Morgan fingerprint density at radius 1 is 0.744 bits per heavy atom. The summed E-state index contributed by atoms with van der Waals surface area (Å²) in [5.41, 5.74) is 9.41. The fourth-order valence-electron chi connectivity index (χ4n) is 6.49. The zero-order valence-corrected chi connectivity index (χ0v) is 22.5. The molecule has 0 aliphatic carbocycles. The van der Waals surface area contributed by atoms with Gasteiger partial charge in [0.1, 0.15) is 7.05 Å². The molecule has 0 fully saturated rings. The molecule has 5 aromatic carbocycles. The number of hydrogen-bond acceptors (Lipinski definition) is 1. The van der Waals surface area contributed by atoms with Gasteiger partial charge in [-0.25, -0.2) is 0 Å². The molecule has 1 aromatic heterocycles. The Hall–Kier alpha value is -4.47. The van der Waals surface area contributed by atoms with Crippen LogP contribution in [0.4, 0.5) is 5.69 Å². The predicted molar refractivity (Wildman–Crippen MR) is 164 cm³/mol. The quantitative estimate of drug-likeness (QED) is 0.240. The van der Waals surface area contributed by atoms with Gasteiger partial charge in [-0.15, -0.1) is 0 Å². The molecule has 0 bridgehead atoms. The lowest BCUT2D eigenvalue weighted by Crippen LogP contribution is -2.26. The van der Waals surface area contributed by atoms with Crippen LogP contribution in [0.25, 0.3) is 44.3 Å². The molecule has 39 heavy (non-hydrogen) atoms. The highest BCUT2D eigenvalue weighted by atomic mass is 16.3. The number of aliphatic hydroxyl groups excluding tert-OH is 1. The van der Waals surface area contributed by atoms with Gasteiger partial charge < -0.3 is 9.67 Å². The van der Waals surface area contributed by atoms with Crippen molar-refractivity contribution in [2.75, 3.05) is 7.05 Å². The second-order valence-electron chi connectivity index (χ2n) is 11.0. The second-order valence-corrected chi connectivity index (χ2v) is 11.0. The number of fused-ring (bicyclic) bond motifs is 6. The lowest BCUT2D eigenvalue weighted by atomic mass is 9.79. The monoisotopic (exact) mass is 507 g/mol. The minimum Gasteiger partial charge on any atom is -0.392 e. The van der Waals surface area contributed by atoms with E-state index in [-0.39, 0.29) is 12.0 Å². The molecule has 3 heteroatoms. The molecule has 1 aliphatic rings. The van der Waals surface area contributed by atoms with E-state index in [1.165, 1.54) is 55.1 Å². The van der Waals surface area contributed by atoms with Crippen molar-refractivity contribution in [3.8, 4) is 5.69 Å². The highest BCUT2D eigenvalue weighted by Crippen LogP contribution is 2.43. The summed E-state index contributed by atoms with van der Waals surface area (Å²) in [6, 6.07) is 36.7. The van der Waals surface area contributed by atoms with Crippen LogP contribution in [0.15, 0.2) is 109 Å². The van der Waals surface area contributed by atoms with Crippen molar-refractivity contribution in [2.24, 2.45) is 0 Å². The molecular weight excluding hydrogens is 476 g/mol. The van der Waals surface area contributed by atoms with Gasteiger partial charge in [-0.05, 0) is 78.2 Å². The Labute approximate surface area is 228 Å². The lowest BCUT2D eigenvalue weighted by Gasteiger charge is -2.17. The minimum atomic E-state index is -0.109. The normalized spacial score (nSPS) is 14.8. The average Bonchev–Trinajstić information content (AvgIpc) is 3.39. The smallest absolute Gasteiger partial charge is 0.210 e. The molecule has 0 spiro atoms. The Kier molecular flexibility index (Phi) is 5.33. The van der Waals surface area contributed by atoms with Gasteiger partial charge >= 0.3 is 0 Å². The number of para-hydroxylation sites is 1. The number of rotatable bonds is 4. The van der Waals surface area contributed by atoms with Crippen molar-refractivity contribution in [1.29, 1.82) is 0 Å². The number of benzene rings is 5. The van der Waals surface area contributed by atoms with Crippen molar-refractivity contribution >= 4 is 50.1 Å². The molecule has 0 amide bonds. The number of allylic oxidation sites excluding steroid dienone is 1. The number of aliphatic hydroxyl groups is 1. The van der Waals surface area contributed by atoms with Crippen LogP contribution in [0.3, 0.4) is 0 Å². The largest absolute Gasteiger partial charge is 0.392 e. The maximum Gasteiger partial charge on any atom is 0.210 e. The van der Waals surface area contributed by atoms with E-state index in [0.717, 1.165) is 11.3 Å². The summed E-state index contributed by atoms with van der Waals surface area (Å²) in [6.45, 7) is 4.72. The van der Waals surface area contributed by atoms with Gasteiger partial charge in [0.2, 0.25) is 5.69 Å². The number of hydrogen-bond donors (Lipinski definition) is 1. The van der Waals surface area contributed by atoms with Crippen molar-refractivity contribution < 1.29 is 9.68 Å². The molecule has 6 aromatic rings. The molecule has 2 heterocycles. The first kappa shape index (κ1) is 23.6. The van der Waals surface area contributed by atoms with E-state index < -0.39 is 0 Å². The van der Waals surface area contributed by atoms with Gasteiger partial charge in [-0.1, -0.05) is 60.7 Å². The van der Waals surface area contributed by atoms with Crippen LogP contribution >= 0.6 is 0 Å². The maximum atomic E-state index is 9.49. The number of aromatic nitrogens is 1. The average molecular weight is 508 g/mol. The van der Waals surface area contributed by atoms with Gasteiger partial charge in [0, 0.05) is 34.2 Å². The molecular formula is C36H31N2O+. The summed E-state index contributed by atoms with van der Waals surface area (Å²) in [5.74, 6) is 0. The van der Waals surface area contributed by atoms with Crippen LogP contribution in [0, 0.1) is 0 Å². The van der Waals surface area contributed by atoms with Crippen molar-refractivity contribution in [2.45, 2.75) is 25.9 Å². The third kappa shape index (κ3) is 3.58. The first-order valence-corrected chi connectivity index (χ1v) is 13.5. The first-order valence-electron chi connectivity index (χ1n) is 13.5. The highest BCUT2D eigenvalue weighted by molar-refractivity contribution is 6.11. The summed E-state index contributed by atoms with van der Waals surface area (Å²) in [6.07, 6.45) is 4.55. The second kappa shape index (κ2) is 8.79. The van der Waals surface area contributed by atoms with E-state index in [9.17, 15) is 5.11 Å². The van der Waals surface area contributed by atoms with Crippen molar-refractivity contribution in [3.63, 3.8) is 0 Å². The van der Waals surface area contributed by atoms with Gasteiger partial charge in [0.25, 0.3) is 0 Å². The topological polar surface area (TPSA) is 28.2 Å². The molecule has 0 atom stereocenters. The molecule has 1 aliphatic heterocycles. The third-order valence-electron chi connectivity index (χ3n) is 8.40.